The third-order valence-corrected chi connectivity index (χ3v) is 1.59. The van der Waals surface area contributed by atoms with E-state index in [4.69, 9.17) is 10.7 Å². The molecule has 0 saturated carbocycles. The fourth-order valence-electron chi connectivity index (χ4n) is 0.241. The molecule has 0 aliphatic rings. The van der Waals surface area contributed by atoms with Gasteiger partial charge in [0.25, 0.3) is 0 Å². The predicted octanol–water partition coefficient (Wildman–Crippen LogP) is 3.13. The molecule has 0 aromatic heterocycles. The predicted molar refractivity (Wildman–Crippen MR) is 41.9 cm³/mol. The molecule has 0 N–H and O–H groups in total. The Hall–Kier alpha value is -0.140. The van der Waals surface area contributed by atoms with Crippen molar-refractivity contribution in [3.05, 3.63) is 36.3 Å². The van der Waals surface area contributed by atoms with Crippen LogP contribution in [0.4, 0.5) is 0 Å². The van der Waals surface area contributed by atoms with Crippen LogP contribution in [-0.4, -0.2) is 0 Å². The minimum atomic E-state index is 0.918. The summed E-state index contributed by atoms with van der Waals surface area (Å²) in [5, 5.41) is 0. The van der Waals surface area contributed by atoms with Crippen LogP contribution in [0.3, 0.4) is 0 Å². The summed E-state index contributed by atoms with van der Waals surface area (Å²) < 4.78 is 0. The maximum atomic E-state index is 5.38. The second-order valence-electron chi connectivity index (χ2n) is 1.09. The third-order valence-electron chi connectivity index (χ3n) is 0.572. The molecule has 2 heteroatoms. The summed E-state index contributed by atoms with van der Waals surface area (Å²) in [4.78, 5) is 0.918. The molecule has 8 heavy (non-hydrogen) atoms. The van der Waals surface area contributed by atoms with Gasteiger partial charge in [-0.3, -0.25) is 0 Å². The van der Waals surface area contributed by atoms with E-state index in [-0.39, 0.29) is 0 Å². The molecule has 0 atom stereocenters. The van der Waals surface area contributed by atoms with E-state index in [1.165, 1.54) is 0 Å². The molecular weight excluding hydrogens is 140 g/mol. The van der Waals surface area contributed by atoms with Gasteiger partial charge < -0.3 is 0 Å². The van der Waals surface area contributed by atoms with Gasteiger partial charge in [0.15, 0.2) is 0 Å². The molecule has 0 amide bonds. The molecule has 0 bridgehead atoms. The standard InChI is InChI=1S/C6H7ClS/c1-3-5-6(4-2)8-7/h3-5H,1-2H2/b6-5+. The lowest BCUT2D eigenvalue weighted by molar-refractivity contribution is 1.92. The van der Waals surface area contributed by atoms with Gasteiger partial charge in [0.2, 0.25) is 0 Å². The molecular formula is C6H7ClS. The summed E-state index contributed by atoms with van der Waals surface area (Å²) in [6, 6.07) is 0. The molecule has 44 valence electrons. The van der Waals surface area contributed by atoms with Gasteiger partial charge in [0, 0.05) is 4.91 Å². The van der Waals surface area contributed by atoms with E-state index in [9.17, 15) is 0 Å². The minimum Gasteiger partial charge on any atom is -0.0990 e. The van der Waals surface area contributed by atoms with Gasteiger partial charge in [-0.1, -0.05) is 25.3 Å². The van der Waals surface area contributed by atoms with E-state index in [0.717, 1.165) is 15.9 Å². The lowest BCUT2D eigenvalue weighted by Crippen LogP contribution is -1.58. The Morgan fingerprint density at radius 1 is 1.50 bits per heavy atom. The van der Waals surface area contributed by atoms with E-state index >= 15 is 0 Å². The summed E-state index contributed by atoms with van der Waals surface area (Å²) in [5.41, 5.74) is 0. The molecule has 0 nitrogen and oxygen atoms in total. The van der Waals surface area contributed by atoms with Gasteiger partial charge in [0.1, 0.15) is 0 Å². The number of rotatable bonds is 3. The second-order valence-corrected chi connectivity index (χ2v) is 2.17. The van der Waals surface area contributed by atoms with Gasteiger partial charge in [-0.25, -0.2) is 0 Å². The largest absolute Gasteiger partial charge is 0.0990 e. The molecule has 0 fully saturated rings. The quantitative estimate of drug-likeness (QED) is 0.552. The van der Waals surface area contributed by atoms with Crippen molar-refractivity contribution < 1.29 is 0 Å². The van der Waals surface area contributed by atoms with Gasteiger partial charge in [-0.2, -0.15) is 0 Å². The van der Waals surface area contributed by atoms with Crippen molar-refractivity contribution >= 4 is 21.7 Å². The molecule has 0 aromatic rings. The Bertz CT molecular complexity index is 116. The third kappa shape index (κ3) is 2.94. The molecule has 0 spiro atoms. The highest BCUT2D eigenvalue weighted by atomic mass is 35.7. The molecule has 0 aromatic carbocycles. The highest BCUT2D eigenvalue weighted by molar-refractivity contribution is 8.24. The van der Waals surface area contributed by atoms with Gasteiger partial charge in [0.05, 0.1) is 0 Å². The molecule has 0 aliphatic carbocycles. The summed E-state index contributed by atoms with van der Waals surface area (Å²) >= 11 is 0. The normalized spacial score (nSPS) is 10.9. The number of halogens is 1. The van der Waals surface area contributed by atoms with E-state index in [1.54, 1.807) is 18.2 Å². The topological polar surface area (TPSA) is 0 Å². The average molecular weight is 147 g/mol. The lowest BCUT2D eigenvalue weighted by Gasteiger charge is -1.85. The van der Waals surface area contributed by atoms with Gasteiger partial charge >= 0.3 is 0 Å². The zero-order chi connectivity index (χ0) is 6.41. The Labute approximate surface area is 58.4 Å². The molecule has 0 unspecified atom stereocenters. The van der Waals surface area contributed by atoms with Gasteiger partial charge in [-0.15, -0.1) is 0 Å². The fourth-order valence-corrected chi connectivity index (χ4v) is 0.795. The van der Waals surface area contributed by atoms with Crippen LogP contribution < -0.4 is 0 Å². The first-order valence-electron chi connectivity index (χ1n) is 2.09. The second kappa shape index (κ2) is 5.01. The summed E-state index contributed by atoms with van der Waals surface area (Å²) in [7, 11) is 6.51. The first kappa shape index (κ1) is 7.86. The fraction of sp³-hybridized carbons (Fsp3) is 0. The van der Waals surface area contributed by atoms with Crippen molar-refractivity contribution in [2.24, 2.45) is 0 Å². The van der Waals surface area contributed by atoms with Crippen molar-refractivity contribution in [2.75, 3.05) is 0 Å². The van der Waals surface area contributed by atoms with Crippen molar-refractivity contribution in [3.63, 3.8) is 0 Å². The SMILES string of the molecule is C=C/C=C(\C=C)SCl. The van der Waals surface area contributed by atoms with Crippen LogP contribution in [0.15, 0.2) is 36.3 Å². The highest BCUT2D eigenvalue weighted by Gasteiger charge is 1.82. The van der Waals surface area contributed by atoms with Crippen LogP contribution in [0.25, 0.3) is 0 Å². The monoisotopic (exact) mass is 146 g/mol. The van der Waals surface area contributed by atoms with Crippen LogP contribution in [0.1, 0.15) is 0 Å². The summed E-state index contributed by atoms with van der Waals surface area (Å²) in [5.74, 6) is 0. The highest BCUT2D eigenvalue weighted by Crippen LogP contribution is 2.19. The first-order chi connectivity index (χ1) is 3.85. The average Bonchev–Trinajstić information content (AvgIpc) is 1.83. The smallest absolute Gasteiger partial charge is 0.0227 e. The van der Waals surface area contributed by atoms with Crippen LogP contribution in [0.5, 0.6) is 0 Å². The van der Waals surface area contributed by atoms with Crippen molar-refractivity contribution in [2.45, 2.75) is 0 Å². The molecule has 0 radical (unpaired) electrons. The maximum absolute atomic E-state index is 5.38. The Kier molecular flexibility index (Phi) is 4.92. The Morgan fingerprint density at radius 2 is 2.12 bits per heavy atom. The molecule has 0 saturated heterocycles. The van der Waals surface area contributed by atoms with Crippen molar-refractivity contribution in [3.8, 4) is 0 Å². The van der Waals surface area contributed by atoms with Crippen LogP contribution in [-0.2, 0) is 0 Å². The van der Waals surface area contributed by atoms with Gasteiger partial charge in [-0.05, 0) is 27.7 Å². The number of hydrogen-bond donors (Lipinski definition) is 0. The van der Waals surface area contributed by atoms with Crippen LogP contribution >= 0.6 is 21.7 Å². The van der Waals surface area contributed by atoms with Crippen LogP contribution in [0.2, 0.25) is 0 Å². The van der Waals surface area contributed by atoms with E-state index in [1.807, 2.05) is 0 Å². The number of allylic oxidation sites excluding steroid dienone is 3. The molecule has 0 rings (SSSR count). The zero-order valence-corrected chi connectivity index (χ0v) is 6.00. The molecule has 0 heterocycles. The summed E-state index contributed by atoms with van der Waals surface area (Å²) in [6.07, 6.45) is 5.15. The Morgan fingerprint density at radius 3 is 2.25 bits per heavy atom. The molecule has 0 aliphatic heterocycles. The minimum absolute atomic E-state index is 0.918. The number of hydrogen-bond acceptors (Lipinski definition) is 1. The maximum Gasteiger partial charge on any atom is 0.0227 e. The first-order valence-corrected chi connectivity index (χ1v) is 3.73. The van der Waals surface area contributed by atoms with E-state index in [2.05, 4.69) is 13.2 Å². The Balaban J connectivity index is 3.84. The van der Waals surface area contributed by atoms with E-state index < -0.39 is 0 Å². The lowest BCUT2D eigenvalue weighted by atomic mass is 10.5. The van der Waals surface area contributed by atoms with Crippen LogP contribution in [0, 0.1) is 0 Å². The van der Waals surface area contributed by atoms with Crippen molar-refractivity contribution in [1.29, 1.82) is 0 Å². The summed E-state index contributed by atoms with van der Waals surface area (Å²) in [6.45, 7) is 7.03. The van der Waals surface area contributed by atoms with Crippen molar-refractivity contribution in [1.82, 2.24) is 0 Å². The zero-order valence-electron chi connectivity index (χ0n) is 4.43. The van der Waals surface area contributed by atoms with E-state index in [0.29, 0.717) is 0 Å².